The lowest BCUT2D eigenvalue weighted by Gasteiger charge is -2.22. The van der Waals surface area contributed by atoms with Crippen LogP contribution in [0.5, 0.6) is 0 Å². The van der Waals surface area contributed by atoms with Gasteiger partial charge in [0.05, 0.1) is 0 Å². The highest BCUT2D eigenvalue weighted by atomic mass is 35.5. The van der Waals surface area contributed by atoms with E-state index in [1.54, 1.807) is 18.0 Å². The first kappa shape index (κ1) is 18.3. The number of halogens is 1. The Morgan fingerprint density at radius 3 is 2.67 bits per heavy atom. The molecule has 1 fully saturated rings. The monoisotopic (exact) mass is 351 g/mol. The van der Waals surface area contributed by atoms with Gasteiger partial charge in [-0.05, 0) is 31.0 Å². The summed E-state index contributed by atoms with van der Waals surface area (Å²) in [6, 6.07) is 7.13. The lowest BCUT2D eigenvalue weighted by Crippen LogP contribution is -2.34. The third-order valence-electron chi connectivity index (χ3n) is 4.00. The van der Waals surface area contributed by atoms with Crippen molar-refractivity contribution in [3.63, 3.8) is 0 Å². The Hall–Kier alpha value is -2.08. The fraction of sp³-hybridized carbons (Fsp3) is 0.471. The summed E-state index contributed by atoms with van der Waals surface area (Å²) in [5, 5.41) is 0.645. The number of carbonyl (C=O) groups excluding carboxylic acids is 3. The summed E-state index contributed by atoms with van der Waals surface area (Å²) < 4.78 is 0. The van der Waals surface area contributed by atoms with Gasteiger partial charge in [0.25, 0.3) is 0 Å². The molecule has 0 radical (unpaired) electrons. The molecular formula is C17H22ClN3O3. The van der Waals surface area contributed by atoms with E-state index < -0.39 is 0 Å². The summed E-state index contributed by atoms with van der Waals surface area (Å²) in [5.74, 6) is -0.203. The average molecular weight is 352 g/mol. The number of nitrogens with zero attached hydrogens (tertiary/aromatic N) is 3. The summed E-state index contributed by atoms with van der Waals surface area (Å²) in [4.78, 5) is 40.2. The minimum atomic E-state index is -0.293. The van der Waals surface area contributed by atoms with E-state index in [0.717, 1.165) is 5.56 Å². The molecule has 1 heterocycles. The van der Waals surface area contributed by atoms with E-state index in [0.29, 0.717) is 31.0 Å². The molecule has 1 aromatic rings. The molecule has 1 aliphatic rings. The van der Waals surface area contributed by atoms with Crippen molar-refractivity contribution in [1.29, 1.82) is 0 Å². The first-order chi connectivity index (χ1) is 11.4. The highest BCUT2D eigenvalue weighted by Crippen LogP contribution is 2.14. The van der Waals surface area contributed by atoms with Gasteiger partial charge >= 0.3 is 6.03 Å². The van der Waals surface area contributed by atoms with Crippen LogP contribution in [0.1, 0.15) is 25.3 Å². The standard InChI is InChI=1S/C17H22ClN3O3/c1-3-20(11-13-6-4-7-14(18)10-13)15(22)8-5-9-21-16(23)12-19(2)17(21)24/h4,6-7,10H,3,5,8-9,11-12H2,1-2H3. The second-order valence-corrected chi connectivity index (χ2v) is 6.26. The number of amides is 4. The average Bonchev–Trinajstić information content (AvgIpc) is 2.78. The molecule has 0 aromatic heterocycles. The maximum absolute atomic E-state index is 12.4. The number of imide groups is 1. The van der Waals surface area contributed by atoms with Crippen LogP contribution in [0.4, 0.5) is 4.79 Å². The molecule has 0 aliphatic carbocycles. The number of rotatable bonds is 7. The first-order valence-electron chi connectivity index (χ1n) is 8.00. The molecule has 7 heteroatoms. The zero-order valence-electron chi connectivity index (χ0n) is 14.0. The third kappa shape index (κ3) is 4.47. The second-order valence-electron chi connectivity index (χ2n) is 5.83. The van der Waals surface area contributed by atoms with Gasteiger partial charge in [-0.3, -0.25) is 14.5 Å². The van der Waals surface area contributed by atoms with Gasteiger partial charge in [-0.15, -0.1) is 0 Å². The lowest BCUT2D eigenvalue weighted by atomic mass is 10.2. The minimum absolute atomic E-state index is 0.00456. The zero-order valence-corrected chi connectivity index (χ0v) is 14.8. The molecule has 0 spiro atoms. The van der Waals surface area contributed by atoms with Gasteiger partial charge in [0.2, 0.25) is 11.8 Å². The largest absolute Gasteiger partial charge is 0.339 e. The van der Waals surface area contributed by atoms with Crippen LogP contribution in [0, 0.1) is 0 Å². The van der Waals surface area contributed by atoms with Crippen LogP contribution < -0.4 is 0 Å². The fourth-order valence-corrected chi connectivity index (χ4v) is 2.88. The zero-order chi connectivity index (χ0) is 17.7. The smallest absolute Gasteiger partial charge is 0.326 e. The SMILES string of the molecule is CCN(Cc1cccc(Cl)c1)C(=O)CCCN1C(=O)CN(C)C1=O. The van der Waals surface area contributed by atoms with E-state index in [1.807, 2.05) is 25.1 Å². The highest BCUT2D eigenvalue weighted by molar-refractivity contribution is 6.30. The predicted molar refractivity (Wildman–Crippen MR) is 91.5 cm³/mol. The van der Waals surface area contributed by atoms with E-state index in [1.165, 1.54) is 9.80 Å². The van der Waals surface area contributed by atoms with Gasteiger partial charge in [0.1, 0.15) is 6.54 Å². The van der Waals surface area contributed by atoms with Crippen LogP contribution in [0.3, 0.4) is 0 Å². The summed E-state index contributed by atoms with van der Waals surface area (Å²) in [6.07, 6.45) is 0.769. The number of likely N-dealkylation sites (N-methyl/N-ethyl adjacent to an activating group) is 1. The molecule has 130 valence electrons. The van der Waals surface area contributed by atoms with Gasteiger partial charge in [-0.1, -0.05) is 23.7 Å². The quantitative estimate of drug-likeness (QED) is 0.708. The maximum atomic E-state index is 12.4. The molecule has 0 saturated carbocycles. The Bertz CT molecular complexity index is 635. The van der Waals surface area contributed by atoms with Gasteiger partial charge < -0.3 is 9.80 Å². The molecule has 24 heavy (non-hydrogen) atoms. The number of benzene rings is 1. The molecular weight excluding hydrogens is 330 g/mol. The first-order valence-corrected chi connectivity index (χ1v) is 8.38. The van der Waals surface area contributed by atoms with Crippen molar-refractivity contribution in [3.05, 3.63) is 34.9 Å². The van der Waals surface area contributed by atoms with Gasteiger partial charge in [-0.25, -0.2) is 4.79 Å². The van der Waals surface area contributed by atoms with Gasteiger partial charge in [0, 0.05) is 38.1 Å². The Balaban J connectivity index is 1.84. The number of carbonyl (C=O) groups is 3. The van der Waals surface area contributed by atoms with Crippen molar-refractivity contribution in [2.45, 2.75) is 26.3 Å². The predicted octanol–water partition coefficient (Wildman–Crippen LogP) is 2.36. The van der Waals surface area contributed by atoms with Crippen LogP contribution in [0.2, 0.25) is 5.02 Å². The lowest BCUT2D eigenvalue weighted by molar-refractivity contribution is -0.132. The van der Waals surface area contributed by atoms with Crippen LogP contribution in [0.15, 0.2) is 24.3 Å². The number of hydrogen-bond donors (Lipinski definition) is 0. The van der Waals surface area contributed by atoms with Crippen molar-refractivity contribution >= 4 is 29.4 Å². The van der Waals surface area contributed by atoms with Crippen molar-refractivity contribution in [1.82, 2.24) is 14.7 Å². The fourth-order valence-electron chi connectivity index (χ4n) is 2.67. The molecule has 2 rings (SSSR count). The molecule has 1 aliphatic heterocycles. The normalized spacial score (nSPS) is 14.5. The van der Waals surface area contributed by atoms with Crippen molar-refractivity contribution in [2.24, 2.45) is 0 Å². The topological polar surface area (TPSA) is 60.9 Å². The minimum Gasteiger partial charge on any atom is -0.339 e. The molecule has 1 aromatic carbocycles. The summed E-state index contributed by atoms with van der Waals surface area (Å²) in [5.41, 5.74) is 0.976. The molecule has 4 amide bonds. The summed E-state index contributed by atoms with van der Waals surface area (Å²) in [7, 11) is 1.59. The Labute approximate surface area is 147 Å². The van der Waals surface area contributed by atoms with E-state index in [-0.39, 0.29) is 30.9 Å². The van der Waals surface area contributed by atoms with Crippen molar-refractivity contribution in [2.75, 3.05) is 26.7 Å². The third-order valence-corrected chi connectivity index (χ3v) is 4.24. The van der Waals surface area contributed by atoms with E-state index in [2.05, 4.69) is 0 Å². The molecule has 0 unspecified atom stereocenters. The van der Waals surface area contributed by atoms with Crippen molar-refractivity contribution < 1.29 is 14.4 Å². The molecule has 0 bridgehead atoms. The van der Waals surface area contributed by atoms with Gasteiger partial charge in [-0.2, -0.15) is 0 Å². The molecule has 1 saturated heterocycles. The van der Waals surface area contributed by atoms with Crippen LogP contribution in [-0.4, -0.2) is 59.2 Å². The maximum Gasteiger partial charge on any atom is 0.326 e. The van der Waals surface area contributed by atoms with Crippen LogP contribution >= 0.6 is 11.6 Å². The molecule has 6 nitrogen and oxygen atoms in total. The van der Waals surface area contributed by atoms with E-state index in [9.17, 15) is 14.4 Å². The van der Waals surface area contributed by atoms with Gasteiger partial charge in [0.15, 0.2) is 0 Å². The highest BCUT2D eigenvalue weighted by Gasteiger charge is 2.32. The Morgan fingerprint density at radius 2 is 2.08 bits per heavy atom. The van der Waals surface area contributed by atoms with E-state index in [4.69, 9.17) is 11.6 Å². The molecule has 0 atom stereocenters. The van der Waals surface area contributed by atoms with Crippen LogP contribution in [0.25, 0.3) is 0 Å². The second kappa shape index (κ2) is 8.15. The Kier molecular flexibility index (Phi) is 6.20. The Morgan fingerprint density at radius 1 is 1.33 bits per heavy atom. The summed E-state index contributed by atoms with van der Waals surface area (Å²) in [6.45, 7) is 3.41. The summed E-state index contributed by atoms with van der Waals surface area (Å²) >= 11 is 5.97. The number of urea groups is 1. The van der Waals surface area contributed by atoms with Crippen LogP contribution in [-0.2, 0) is 16.1 Å². The number of hydrogen-bond acceptors (Lipinski definition) is 3. The molecule has 0 N–H and O–H groups in total. The van der Waals surface area contributed by atoms with E-state index >= 15 is 0 Å². The van der Waals surface area contributed by atoms with Crippen molar-refractivity contribution in [3.8, 4) is 0 Å².